The average Bonchev–Trinajstić information content (AvgIpc) is 2.47. The predicted molar refractivity (Wildman–Crippen MR) is 80.3 cm³/mol. The molecule has 4 heteroatoms. The number of carbonyl (C=O) groups is 1. The summed E-state index contributed by atoms with van der Waals surface area (Å²) in [4.78, 5) is 14.7. The molecule has 20 heavy (non-hydrogen) atoms. The third-order valence-corrected chi connectivity index (χ3v) is 5.01. The number of nitrogens with two attached hydrogens (primary N) is 1. The lowest BCUT2D eigenvalue weighted by molar-refractivity contribution is -0.139. The van der Waals surface area contributed by atoms with Crippen molar-refractivity contribution in [1.82, 2.24) is 4.90 Å². The van der Waals surface area contributed by atoms with Gasteiger partial charge in [-0.25, -0.2) is 0 Å². The van der Waals surface area contributed by atoms with Crippen molar-refractivity contribution in [2.45, 2.75) is 64.5 Å². The normalized spacial score (nSPS) is 30.2. The average molecular weight is 282 g/mol. The Kier molecular flexibility index (Phi) is 5.85. The Hall–Kier alpha value is -0.610. The fourth-order valence-electron chi connectivity index (χ4n) is 3.69. The first-order chi connectivity index (χ1) is 9.61. The molecule has 0 aromatic heterocycles. The summed E-state index contributed by atoms with van der Waals surface area (Å²) in [5, 5.41) is 0. The van der Waals surface area contributed by atoms with Crippen molar-refractivity contribution in [3.05, 3.63) is 0 Å². The molecule has 0 radical (unpaired) electrons. The van der Waals surface area contributed by atoms with Crippen LogP contribution in [0.4, 0.5) is 0 Å². The highest BCUT2D eigenvalue weighted by atomic mass is 16.5. The van der Waals surface area contributed by atoms with E-state index in [4.69, 9.17) is 10.5 Å². The summed E-state index contributed by atoms with van der Waals surface area (Å²) in [6, 6.07) is 0.299. The molecule has 2 N–H and O–H groups in total. The summed E-state index contributed by atoms with van der Waals surface area (Å²) in [6.45, 7) is 6.61. The second kappa shape index (κ2) is 7.41. The van der Waals surface area contributed by atoms with Crippen LogP contribution in [0.5, 0.6) is 0 Å². The Morgan fingerprint density at radius 2 is 2.00 bits per heavy atom. The van der Waals surface area contributed by atoms with Crippen LogP contribution in [0.3, 0.4) is 0 Å². The lowest BCUT2D eigenvalue weighted by atomic mass is 9.78. The van der Waals surface area contributed by atoms with E-state index in [1.165, 1.54) is 6.42 Å². The lowest BCUT2D eigenvalue weighted by Gasteiger charge is -2.37. The summed E-state index contributed by atoms with van der Waals surface area (Å²) < 4.78 is 5.65. The number of rotatable bonds is 4. The van der Waals surface area contributed by atoms with Crippen molar-refractivity contribution < 1.29 is 9.53 Å². The number of nitrogens with zero attached hydrogens (tertiary/aromatic N) is 1. The number of ether oxygens (including phenoxy) is 1. The molecule has 1 amide bonds. The molecule has 1 aliphatic carbocycles. The zero-order valence-electron chi connectivity index (χ0n) is 13.0. The maximum atomic E-state index is 12.6. The number of amides is 1. The van der Waals surface area contributed by atoms with Crippen LogP contribution >= 0.6 is 0 Å². The predicted octanol–water partition coefficient (Wildman–Crippen LogP) is 2.17. The van der Waals surface area contributed by atoms with Gasteiger partial charge in [-0.05, 0) is 44.9 Å². The van der Waals surface area contributed by atoms with Crippen LogP contribution in [0.1, 0.15) is 52.4 Å². The third-order valence-electron chi connectivity index (χ3n) is 5.01. The fourth-order valence-corrected chi connectivity index (χ4v) is 3.69. The standard InChI is InChI=1S/C16H30N2O2/c1-3-20-15-7-9-18(10-8-15)16(19)12(2)13-5-4-6-14(17)11-13/h12-15H,3-11,17H2,1-2H3. The van der Waals surface area contributed by atoms with Crippen LogP contribution in [0.25, 0.3) is 0 Å². The highest BCUT2D eigenvalue weighted by Crippen LogP contribution is 2.31. The maximum absolute atomic E-state index is 12.6. The van der Waals surface area contributed by atoms with Gasteiger partial charge >= 0.3 is 0 Å². The monoisotopic (exact) mass is 282 g/mol. The lowest BCUT2D eigenvalue weighted by Crippen LogP contribution is -2.45. The van der Waals surface area contributed by atoms with Gasteiger partial charge in [0.05, 0.1) is 6.10 Å². The Balaban J connectivity index is 1.82. The number of piperidine rings is 1. The second-order valence-electron chi connectivity index (χ2n) is 6.46. The van der Waals surface area contributed by atoms with E-state index >= 15 is 0 Å². The molecule has 1 heterocycles. The highest BCUT2D eigenvalue weighted by molar-refractivity contribution is 5.78. The van der Waals surface area contributed by atoms with Crippen molar-refractivity contribution in [2.24, 2.45) is 17.6 Å². The molecule has 1 aliphatic heterocycles. The summed E-state index contributed by atoms with van der Waals surface area (Å²) in [6.07, 6.45) is 6.79. The van der Waals surface area contributed by atoms with E-state index in [0.29, 0.717) is 24.0 Å². The van der Waals surface area contributed by atoms with Crippen LogP contribution < -0.4 is 5.73 Å². The van der Waals surface area contributed by atoms with Crippen LogP contribution in [0.2, 0.25) is 0 Å². The molecular weight excluding hydrogens is 252 g/mol. The van der Waals surface area contributed by atoms with E-state index in [0.717, 1.165) is 51.8 Å². The van der Waals surface area contributed by atoms with E-state index in [1.807, 2.05) is 11.8 Å². The molecule has 2 aliphatic rings. The van der Waals surface area contributed by atoms with Gasteiger partial charge in [0.1, 0.15) is 0 Å². The van der Waals surface area contributed by atoms with E-state index in [-0.39, 0.29) is 5.92 Å². The van der Waals surface area contributed by atoms with Gasteiger partial charge in [0.2, 0.25) is 5.91 Å². The van der Waals surface area contributed by atoms with Gasteiger partial charge in [0.25, 0.3) is 0 Å². The van der Waals surface area contributed by atoms with Crippen molar-refractivity contribution in [3.8, 4) is 0 Å². The summed E-state index contributed by atoms with van der Waals surface area (Å²) in [5.74, 6) is 0.944. The molecular formula is C16H30N2O2. The minimum atomic E-state index is 0.130. The van der Waals surface area contributed by atoms with Gasteiger partial charge in [-0.1, -0.05) is 13.3 Å². The van der Waals surface area contributed by atoms with Crippen molar-refractivity contribution in [3.63, 3.8) is 0 Å². The fraction of sp³-hybridized carbons (Fsp3) is 0.938. The molecule has 2 fully saturated rings. The molecule has 4 nitrogen and oxygen atoms in total. The van der Waals surface area contributed by atoms with Crippen LogP contribution in [0, 0.1) is 11.8 Å². The van der Waals surface area contributed by atoms with Crippen molar-refractivity contribution >= 4 is 5.91 Å². The summed E-state index contributed by atoms with van der Waals surface area (Å²) >= 11 is 0. The number of hydrogen-bond acceptors (Lipinski definition) is 3. The van der Waals surface area contributed by atoms with E-state index in [2.05, 4.69) is 6.92 Å². The van der Waals surface area contributed by atoms with E-state index in [9.17, 15) is 4.79 Å². The van der Waals surface area contributed by atoms with E-state index < -0.39 is 0 Å². The first kappa shape index (κ1) is 15.8. The zero-order valence-corrected chi connectivity index (χ0v) is 13.0. The van der Waals surface area contributed by atoms with Gasteiger partial charge in [-0.2, -0.15) is 0 Å². The molecule has 3 unspecified atom stereocenters. The molecule has 1 saturated carbocycles. The third kappa shape index (κ3) is 3.95. The molecule has 0 aromatic carbocycles. The van der Waals surface area contributed by atoms with Crippen LogP contribution in [-0.2, 0) is 9.53 Å². The topological polar surface area (TPSA) is 55.6 Å². The quantitative estimate of drug-likeness (QED) is 0.859. The Morgan fingerprint density at radius 3 is 2.60 bits per heavy atom. The number of hydrogen-bond donors (Lipinski definition) is 1. The molecule has 0 spiro atoms. The van der Waals surface area contributed by atoms with Gasteiger partial charge in [-0.15, -0.1) is 0 Å². The van der Waals surface area contributed by atoms with E-state index in [1.54, 1.807) is 0 Å². The first-order valence-electron chi connectivity index (χ1n) is 8.27. The zero-order chi connectivity index (χ0) is 14.5. The molecule has 116 valence electrons. The second-order valence-corrected chi connectivity index (χ2v) is 6.46. The highest BCUT2D eigenvalue weighted by Gasteiger charge is 2.32. The van der Waals surface area contributed by atoms with Gasteiger partial charge in [0.15, 0.2) is 0 Å². The first-order valence-corrected chi connectivity index (χ1v) is 8.27. The minimum Gasteiger partial charge on any atom is -0.378 e. The smallest absolute Gasteiger partial charge is 0.225 e. The Labute approximate surface area is 123 Å². The van der Waals surface area contributed by atoms with Crippen molar-refractivity contribution in [2.75, 3.05) is 19.7 Å². The van der Waals surface area contributed by atoms with Crippen molar-refractivity contribution in [1.29, 1.82) is 0 Å². The molecule has 2 rings (SSSR count). The largest absolute Gasteiger partial charge is 0.378 e. The molecule has 0 bridgehead atoms. The molecule has 0 aromatic rings. The molecule has 1 saturated heterocycles. The minimum absolute atomic E-state index is 0.130. The van der Waals surface area contributed by atoms with Gasteiger partial charge in [0, 0.05) is 31.7 Å². The Morgan fingerprint density at radius 1 is 1.30 bits per heavy atom. The SMILES string of the molecule is CCOC1CCN(C(=O)C(C)C2CCCC(N)C2)CC1. The summed E-state index contributed by atoms with van der Waals surface area (Å²) in [5.41, 5.74) is 6.05. The van der Waals surface area contributed by atoms with Crippen LogP contribution in [-0.4, -0.2) is 42.6 Å². The Bertz CT molecular complexity index is 314. The summed E-state index contributed by atoms with van der Waals surface area (Å²) in [7, 11) is 0. The van der Waals surface area contributed by atoms with Crippen LogP contribution in [0.15, 0.2) is 0 Å². The molecule has 3 atom stereocenters. The number of carbonyl (C=O) groups excluding carboxylic acids is 1. The number of likely N-dealkylation sites (tertiary alicyclic amines) is 1. The van der Waals surface area contributed by atoms with Gasteiger partial charge in [-0.3, -0.25) is 4.79 Å². The maximum Gasteiger partial charge on any atom is 0.225 e. The van der Waals surface area contributed by atoms with Gasteiger partial charge < -0.3 is 15.4 Å².